The number of carbonyl (C=O) groups excluding carboxylic acids is 1. The Kier molecular flexibility index (Phi) is 7.68. The van der Waals surface area contributed by atoms with Crippen molar-refractivity contribution in [1.82, 2.24) is 9.62 Å². The number of sulfonamides is 1. The normalized spacial score (nSPS) is 15.4. The number of alkyl halides is 3. The smallest absolute Gasteiger partial charge is 0.422 e. The molecule has 11 heteroatoms. The number of benzene rings is 2. The van der Waals surface area contributed by atoms with Gasteiger partial charge in [0.05, 0.1) is 5.02 Å². The highest BCUT2D eigenvalue weighted by molar-refractivity contribution is 7.89. The number of hydrogen-bond acceptors (Lipinski definition) is 4. The molecule has 1 aliphatic heterocycles. The second kappa shape index (κ2) is 10.1. The minimum absolute atomic E-state index is 0.0128. The molecule has 1 amide bonds. The molecule has 174 valence electrons. The molecule has 2 aromatic carbocycles. The summed E-state index contributed by atoms with van der Waals surface area (Å²) in [6.07, 6.45) is -1.96. The SMILES string of the molecule is O=C(NCc1cccc(OCC(F)(F)F)c1)c1ccc(Cl)c(S(=O)(=O)N2CCCCC2)c1. The van der Waals surface area contributed by atoms with E-state index in [1.807, 2.05) is 0 Å². The standard InChI is InChI=1S/C21H22ClF3N2O4S/c22-18-8-7-16(12-19(18)32(29,30)27-9-2-1-3-10-27)20(28)26-13-15-5-4-6-17(11-15)31-14-21(23,24)25/h4-8,11-12H,1-3,9-10,13-14H2,(H,26,28). The van der Waals surface area contributed by atoms with E-state index >= 15 is 0 Å². The molecule has 2 aromatic rings. The molecule has 0 radical (unpaired) electrons. The number of nitrogens with zero attached hydrogens (tertiary/aromatic N) is 1. The Morgan fingerprint density at radius 1 is 1.09 bits per heavy atom. The van der Waals surface area contributed by atoms with Crippen molar-refractivity contribution in [3.8, 4) is 5.75 Å². The van der Waals surface area contributed by atoms with Gasteiger partial charge in [-0.3, -0.25) is 4.79 Å². The number of hydrogen-bond donors (Lipinski definition) is 1. The lowest BCUT2D eigenvalue weighted by molar-refractivity contribution is -0.153. The van der Waals surface area contributed by atoms with E-state index in [2.05, 4.69) is 5.32 Å². The Balaban J connectivity index is 1.69. The maximum atomic E-state index is 12.9. The molecule has 0 aliphatic carbocycles. The molecule has 6 nitrogen and oxygen atoms in total. The van der Waals surface area contributed by atoms with Gasteiger partial charge >= 0.3 is 6.18 Å². The lowest BCUT2D eigenvalue weighted by Crippen LogP contribution is -2.36. The summed E-state index contributed by atoms with van der Waals surface area (Å²) in [4.78, 5) is 12.5. The predicted octanol–water partition coefficient (Wildman–Crippen LogP) is 4.39. The van der Waals surface area contributed by atoms with Crippen molar-refractivity contribution in [2.75, 3.05) is 19.7 Å². The summed E-state index contributed by atoms with van der Waals surface area (Å²) in [6.45, 7) is -0.593. The zero-order valence-corrected chi connectivity index (χ0v) is 18.6. The lowest BCUT2D eigenvalue weighted by Gasteiger charge is -2.26. The van der Waals surface area contributed by atoms with Gasteiger partial charge < -0.3 is 10.1 Å². The molecule has 0 spiro atoms. The number of halogens is 4. The summed E-state index contributed by atoms with van der Waals surface area (Å²) in [6, 6.07) is 9.92. The van der Waals surface area contributed by atoms with Crippen molar-refractivity contribution < 1.29 is 31.1 Å². The Morgan fingerprint density at radius 2 is 1.81 bits per heavy atom. The van der Waals surface area contributed by atoms with Gasteiger partial charge in [0.15, 0.2) is 6.61 Å². The molecule has 1 N–H and O–H groups in total. The molecule has 0 atom stereocenters. The van der Waals surface area contributed by atoms with Crippen LogP contribution in [0.5, 0.6) is 5.75 Å². The monoisotopic (exact) mass is 490 g/mol. The van der Waals surface area contributed by atoms with E-state index in [1.165, 1.54) is 40.7 Å². The van der Waals surface area contributed by atoms with Crippen molar-refractivity contribution in [2.45, 2.75) is 36.9 Å². The Morgan fingerprint density at radius 3 is 2.50 bits per heavy atom. The molecule has 32 heavy (non-hydrogen) atoms. The first kappa shape index (κ1) is 24.3. The van der Waals surface area contributed by atoms with Gasteiger partial charge in [-0.15, -0.1) is 0 Å². The van der Waals surface area contributed by atoms with Crippen LogP contribution in [0.15, 0.2) is 47.4 Å². The van der Waals surface area contributed by atoms with E-state index in [-0.39, 0.29) is 27.8 Å². The zero-order valence-electron chi connectivity index (χ0n) is 17.0. The Bertz CT molecular complexity index is 1070. The first-order valence-electron chi connectivity index (χ1n) is 9.93. The number of piperidine rings is 1. The van der Waals surface area contributed by atoms with Crippen LogP contribution in [0.4, 0.5) is 13.2 Å². The van der Waals surface area contributed by atoms with Crippen molar-refractivity contribution >= 4 is 27.5 Å². The number of rotatable bonds is 7. The molecule has 0 bridgehead atoms. The Labute approximate surface area is 189 Å². The largest absolute Gasteiger partial charge is 0.484 e. The summed E-state index contributed by atoms with van der Waals surface area (Å²) in [7, 11) is -3.83. The van der Waals surface area contributed by atoms with Gasteiger partial charge in [-0.05, 0) is 48.7 Å². The number of nitrogens with one attached hydrogen (secondary N) is 1. The number of carbonyl (C=O) groups is 1. The van der Waals surface area contributed by atoms with E-state index in [9.17, 15) is 26.4 Å². The van der Waals surface area contributed by atoms with Crippen LogP contribution in [0.2, 0.25) is 5.02 Å². The Hall–Kier alpha value is -2.30. The highest BCUT2D eigenvalue weighted by Crippen LogP contribution is 2.28. The zero-order chi connectivity index (χ0) is 23.4. The quantitative estimate of drug-likeness (QED) is 0.624. The van der Waals surface area contributed by atoms with E-state index in [0.717, 1.165) is 19.3 Å². The third-order valence-electron chi connectivity index (χ3n) is 4.88. The van der Waals surface area contributed by atoms with Gasteiger partial charge in [0.1, 0.15) is 10.6 Å². The van der Waals surface area contributed by atoms with E-state index in [0.29, 0.717) is 18.7 Å². The molecule has 1 fully saturated rings. The third-order valence-corrected chi connectivity index (χ3v) is 7.26. The molecule has 1 saturated heterocycles. The van der Waals surface area contributed by atoms with E-state index < -0.39 is 28.7 Å². The molecular formula is C21H22ClF3N2O4S. The highest BCUT2D eigenvalue weighted by atomic mass is 35.5. The van der Waals surface area contributed by atoms with Crippen LogP contribution in [0.1, 0.15) is 35.2 Å². The maximum absolute atomic E-state index is 12.9. The predicted molar refractivity (Wildman–Crippen MR) is 113 cm³/mol. The third kappa shape index (κ3) is 6.36. The summed E-state index contributed by atoms with van der Waals surface area (Å²) in [5.74, 6) is -0.520. The van der Waals surface area contributed by atoms with Crippen molar-refractivity contribution in [3.05, 3.63) is 58.6 Å². The molecule has 0 unspecified atom stereocenters. The second-order valence-corrected chi connectivity index (χ2v) is 9.66. The minimum atomic E-state index is -4.45. The van der Waals surface area contributed by atoms with Crippen LogP contribution in [-0.2, 0) is 16.6 Å². The number of ether oxygens (including phenoxy) is 1. The van der Waals surface area contributed by atoms with Gasteiger partial charge in [0.25, 0.3) is 5.91 Å². The van der Waals surface area contributed by atoms with Gasteiger partial charge in [0, 0.05) is 25.2 Å². The summed E-state index contributed by atoms with van der Waals surface area (Å²) < 4.78 is 68.9. The molecule has 1 heterocycles. The lowest BCUT2D eigenvalue weighted by atomic mass is 10.2. The molecule has 0 aromatic heterocycles. The fourth-order valence-electron chi connectivity index (χ4n) is 3.28. The van der Waals surface area contributed by atoms with E-state index in [1.54, 1.807) is 6.07 Å². The van der Waals surface area contributed by atoms with Gasteiger partial charge in [-0.2, -0.15) is 17.5 Å². The molecule has 1 aliphatic rings. The second-order valence-electron chi connectivity index (χ2n) is 7.34. The van der Waals surface area contributed by atoms with Crippen molar-refractivity contribution in [3.63, 3.8) is 0 Å². The van der Waals surface area contributed by atoms with Crippen molar-refractivity contribution in [2.24, 2.45) is 0 Å². The molecular weight excluding hydrogens is 469 g/mol. The van der Waals surface area contributed by atoms with Gasteiger partial charge in [0.2, 0.25) is 10.0 Å². The minimum Gasteiger partial charge on any atom is -0.484 e. The first-order valence-corrected chi connectivity index (χ1v) is 11.7. The van der Waals surface area contributed by atoms with Crippen LogP contribution in [0, 0.1) is 0 Å². The average molecular weight is 491 g/mol. The molecule has 0 saturated carbocycles. The fourth-order valence-corrected chi connectivity index (χ4v) is 5.30. The van der Waals surface area contributed by atoms with Crippen molar-refractivity contribution in [1.29, 1.82) is 0 Å². The summed E-state index contributed by atoms with van der Waals surface area (Å²) in [5, 5.41) is 2.65. The van der Waals surface area contributed by atoms with Crippen LogP contribution in [0.25, 0.3) is 0 Å². The van der Waals surface area contributed by atoms with Crippen LogP contribution >= 0.6 is 11.6 Å². The van der Waals surface area contributed by atoms with Crippen LogP contribution < -0.4 is 10.1 Å². The van der Waals surface area contributed by atoms with Gasteiger partial charge in [-0.25, -0.2) is 8.42 Å². The average Bonchev–Trinajstić information content (AvgIpc) is 2.76. The topological polar surface area (TPSA) is 75.7 Å². The first-order chi connectivity index (χ1) is 15.1. The van der Waals surface area contributed by atoms with Crippen LogP contribution in [0.3, 0.4) is 0 Å². The number of amides is 1. The summed E-state index contributed by atoms with van der Waals surface area (Å²) in [5.41, 5.74) is 0.627. The molecule has 3 rings (SSSR count). The van der Waals surface area contributed by atoms with Gasteiger partial charge in [-0.1, -0.05) is 30.2 Å². The fraction of sp³-hybridized carbons (Fsp3) is 0.381. The highest BCUT2D eigenvalue weighted by Gasteiger charge is 2.29. The summed E-state index contributed by atoms with van der Waals surface area (Å²) >= 11 is 6.13. The maximum Gasteiger partial charge on any atom is 0.422 e. The van der Waals surface area contributed by atoms with E-state index in [4.69, 9.17) is 16.3 Å². The van der Waals surface area contributed by atoms with Crippen LogP contribution in [-0.4, -0.2) is 44.5 Å².